The first-order chi connectivity index (χ1) is 19.1. The molecular weight excluding hydrogens is 517 g/mol. The van der Waals surface area contributed by atoms with Crippen molar-refractivity contribution in [3.05, 3.63) is 82.2 Å². The van der Waals surface area contributed by atoms with E-state index in [1.54, 1.807) is 38.3 Å². The Morgan fingerprint density at radius 1 is 0.900 bits per heavy atom. The number of rotatable bonds is 8. The number of aryl methyl sites for hydroxylation is 1. The molecule has 1 unspecified atom stereocenters. The van der Waals surface area contributed by atoms with Crippen molar-refractivity contribution >= 4 is 23.1 Å². The summed E-state index contributed by atoms with van der Waals surface area (Å²) in [6, 6.07) is 11.0. The fraction of sp³-hybridized carbons (Fsp3) is 0.290. The van der Waals surface area contributed by atoms with E-state index in [2.05, 4.69) is 0 Å². The summed E-state index contributed by atoms with van der Waals surface area (Å²) in [5, 5.41) is 11.7. The minimum Gasteiger partial charge on any atom is -0.507 e. The van der Waals surface area contributed by atoms with Gasteiger partial charge in [0, 0.05) is 11.3 Å². The van der Waals surface area contributed by atoms with Crippen molar-refractivity contribution in [3.63, 3.8) is 0 Å². The average molecular weight is 550 g/mol. The van der Waals surface area contributed by atoms with Gasteiger partial charge in [-0.2, -0.15) is 0 Å². The van der Waals surface area contributed by atoms with E-state index in [1.165, 1.54) is 44.4 Å². The molecule has 210 valence electrons. The third-order valence-corrected chi connectivity index (χ3v) is 6.99. The molecule has 1 aliphatic rings. The zero-order valence-electron chi connectivity index (χ0n) is 23.5. The molecule has 1 heterocycles. The van der Waals surface area contributed by atoms with E-state index in [-0.39, 0.29) is 34.4 Å². The van der Waals surface area contributed by atoms with Crippen LogP contribution >= 0.6 is 0 Å². The van der Waals surface area contributed by atoms with E-state index in [9.17, 15) is 19.1 Å². The highest BCUT2D eigenvalue weighted by atomic mass is 19.1. The Labute approximate surface area is 232 Å². The molecule has 0 aromatic heterocycles. The molecule has 1 aliphatic heterocycles. The van der Waals surface area contributed by atoms with Gasteiger partial charge in [-0.3, -0.25) is 14.5 Å². The van der Waals surface area contributed by atoms with Crippen LogP contribution in [0.5, 0.6) is 23.0 Å². The van der Waals surface area contributed by atoms with Gasteiger partial charge in [-0.25, -0.2) is 4.39 Å². The number of carbonyl (C=O) groups is 2. The Hall–Kier alpha value is -4.53. The largest absolute Gasteiger partial charge is 0.507 e. The third-order valence-electron chi connectivity index (χ3n) is 6.99. The van der Waals surface area contributed by atoms with Crippen LogP contribution in [-0.2, 0) is 9.59 Å². The van der Waals surface area contributed by atoms with Crippen LogP contribution in [0.1, 0.15) is 48.1 Å². The summed E-state index contributed by atoms with van der Waals surface area (Å²) >= 11 is 0. The molecule has 40 heavy (non-hydrogen) atoms. The summed E-state index contributed by atoms with van der Waals surface area (Å²) < 4.78 is 36.3. The number of nitrogens with zero attached hydrogens (tertiary/aromatic N) is 1. The normalized spacial score (nSPS) is 16.4. The summed E-state index contributed by atoms with van der Waals surface area (Å²) in [6.07, 6.45) is 0. The molecule has 1 N–H and O–H groups in total. The van der Waals surface area contributed by atoms with Crippen LogP contribution < -0.4 is 23.8 Å². The van der Waals surface area contributed by atoms with Crippen molar-refractivity contribution in [1.82, 2.24) is 0 Å². The Balaban J connectivity index is 2.06. The number of Topliss-reactive ketones (excluding diaryl/α,β-unsaturated/α-hetero) is 1. The maximum Gasteiger partial charge on any atom is 0.300 e. The number of benzene rings is 3. The number of methoxy groups -OCH3 is 4. The average Bonchev–Trinajstić information content (AvgIpc) is 3.21. The molecule has 1 amide bonds. The first-order valence-corrected chi connectivity index (χ1v) is 12.6. The predicted octanol–water partition coefficient (Wildman–Crippen LogP) is 5.92. The number of aliphatic hydroxyl groups is 1. The van der Waals surface area contributed by atoms with Crippen LogP contribution in [0, 0.1) is 12.7 Å². The maximum absolute atomic E-state index is 14.3. The van der Waals surface area contributed by atoms with Crippen molar-refractivity contribution in [2.75, 3.05) is 33.3 Å². The Bertz CT molecular complexity index is 1490. The molecule has 0 spiro atoms. The van der Waals surface area contributed by atoms with Gasteiger partial charge in [0.2, 0.25) is 5.75 Å². The minimum atomic E-state index is -1.14. The van der Waals surface area contributed by atoms with Gasteiger partial charge in [0.25, 0.3) is 11.7 Å². The lowest BCUT2D eigenvalue weighted by Crippen LogP contribution is -2.29. The van der Waals surface area contributed by atoms with E-state index >= 15 is 0 Å². The van der Waals surface area contributed by atoms with Crippen molar-refractivity contribution in [2.45, 2.75) is 32.7 Å². The second-order valence-electron chi connectivity index (χ2n) is 9.67. The second kappa shape index (κ2) is 11.3. The lowest BCUT2D eigenvalue weighted by atomic mass is 9.90. The van der Waals surface area contributed by atoms with Gasteiger partial charge in [-0.15, -0.1) is 0 Å². The van der Waals surface area contributed by atoms with Gasteiger partial charge in [0.1, 0.15) is 17.3 Å². The molecule has 9 heteroatoms. The topological polar surface area (TPSA) is 94.5 Å². The smallest absolute Gasteiger partial charge is 0.300 e. The van der Waals surface area contributed by atoms with Gasteiger partial charge in [-0.1, -0.05) is 19.9 Å². The number of amides is 1. The molecule has 1 fully saturated rings. The lowest BCUT2D eigenvalue weighted by Gasteiger charge is -2.27. The fourth-order valence-electron chi connectivity index (χ4n) is 5.03. The number of hydrogen-bond donors (Lipinski definition) is 1. The van der Waals surface area contributed by atoms with Crippen molar-refractivity contribution < 1.29 is 38.0 Å². The predicted molar refractivity (Wildman–Crippen MR) is 149 cm³/mol. The molecular formula is C31H32FNO7. The van der Waals surface area contributed by atoms with Gasteiger partial charge >= 0.3 is 0 Å². The summed E-state index contributed by atoms with van der Waals surface area (Å²) in [6.45, 7) is 5.74. The summed E-state index contributed by atoms with van der Waals surface area (Å²) in [5.41, 5.74) is 2.20. The standard InChI is InChI=1S/C31H32FNO7/c1-16(2)21-15-22(17(3)11-23(21)37-4)28(34)26-27(18-12-24(38-5)30(40-7)25(13-18)39-6)33(31(36)29(26)35)20-10-8-9-19(32)14-20/h8-16,27,34H,1-7H3/b28-26+. The summed E-state index contributed by atoms with van der Waals surface area (Å²) in [4.78, 5) is 28.4. The number of ketones is 1. The van der Waals surface area contributed by atoms with E-state index < -0.39 is 23.5 Å². The van der Waals surface area contributed by atoms with Gasteiger partial charge < -0.3 is 24.1 Å². The molecule has 3 aromatic rings. The van der Waals surface area contributed by atoms with Gasteiger partial charge in [0.15, 0.2) is 11.5 Å². The summed E-state index contributed by atoms with van der Waals surface area (Å²) in [7, 11) is 5.91. The Morgan fingerprint density at radius 2 is 1.52 bits per heavy atom. The summed E-state index contributed by atoms with van der Waals surface area (Å²) in [5.74, 6) is -1.22. The van der Waals surface area contributed by atoms with Crippen LogP contribution in [0.15, 0.2) is 54.1 Å². The van der Waals surface area contributed by atoms with E-state index in [1.807, 2.05) is 13.8 Å². The van der Waals surface area contributed by atoms with Crippen LogP contribution in [-0.4, -0.2) is 45.2 Å². The van der Waals surface area contributed by atoms with Crippen molar-refractivity contribution in [2.24, 2.45) is 0 Å². The third kappa shape index (κ3) is 4.83. The molecule has 4 rings (SSSR count). The molecule has 1 saturated heterocycles. The zero-order valence-corrected chi connectivity index (χ0v) is 23.5. The molecule has 3 aromatic carbocycles. The highest BCUT2D eigenvalue weighted by Crippen LogP contribution is 2.47. The van der Waals surface area contributed by atoms with Crippen LogP contribution in [0.4, 0.5) is 10.1 Å². The maximum atomic E-state index is 14.3. The second-order valence-corrected chi connectivity index (χ2v) is 9.67. The molecule has 1 atom stereocenters. The number of aliphatic hydroxyl groups excluding tert-OH is 1. The first-order valence-electron chi connectivity index (χ1n) is 12.6. The van der Waals surface area contributed by atoms with Crippen LogP contribution in [0.2, 0.25) is 0 Å². The van der Waals surface area contributed by atoms with E-state index in [4.69, 9.17) is 18.9 Å². The first kappa shape index (κ1) is 28.5. The number of anilines is 1. The highest BCUT2D eigenvalue weighted by Gasteiger charge is 2.47. The molecule has 0 radical (unpaired) electrons. The Morgan fingerprint density at radius 3 is 2.05 bits per heavy atom. The zero-order chi connectivity index (χ0) is 29.3. The Kier molecular flexibility index (Phi) is 8.04. The van der Waals surface area contributed by atoms with Crippen molar-refractivity contribution in [3.8, 4) is 23.0 Å². The molecule has 0 aliphatic carbocycles. The van der Waals surface area contributed by atoms with Crippen LogP contribution in [0.25, 0.3) is 5.76 Å². The number of ether oxygens (including phenoxy) is 4. The van der Waals surface area contributed by atoms with Crippen molar-refractivity contribution in [1.29, 1.82) is 0 Å². The van der Waals surface area contributed by atoms with Crippen LogP contribution in [0.3, 0.4) is 0 Å². The van der Waals surface area contributed by atoms with Gasteiger partial charge in [-0.05, 0) is 72.0 Å². The van der Waals surface area contributed by atoms with E-state index in [0.717, 1.165) is 11.6 Å². The molecule has 0 saturated carbocycles. The number of hydrogen-bond acceptors (Lipinski definition) is 7. The fourth-order valence-corrected chi connectivity index (χ4v) is 5.03. The minimum absolute atomic E-state index is 0.0442. The van der Waals surface area contributed by atoms with Gasteiger partial charge in [0.05, 0.1) is 40.1 Å². The quantitative estimate of drug-likeness (QED) is 0.212. The molecule has 0 bridgehead atoms. The lowest BCUT2D eigenvalue weighted by molar-refractivity contribution is -0.132. The molecule has 8 nitrogen and oxygen atoms in total. The number of carbonyl (C=O) groups excluding carboxylic acids is 2. The highest BCUT2D eigenvalue weighted by molar-refractivity contribution is 6.51. The monoisotopic (exact) mass is 549 g/mol. The number of halogens is 1. The SMILES string of the molecule is COc1cc(C)c(/C(O)=C2\C(=O)C(=O)N(c3cccc(F)c3)C2c2cc(OC)c(OC)c(OC)c2)cc1C(C)C. The van der Waals surface area contributed by atoms with E-state index in [0.29, 0.717) is 28.2 Å².